The van der Waals surface area contributed by atoms with Crippen LogP contribution in [-0.4, -0.2) is 25.2 Å². The Bertz CT molecular complexity index is 274. The van der Waals surface area contributed by atoms with Crippen LogP contribution in [0.3, 0.4) is 0 Å². The van der Waals surface area contributed by atoms with E-state index in [2.05, 4.69) is 4.89 Å². The molecular formula is C9H13NO6. The number of ether oxygens (including phenoxy) is 2. The summed E-state index contributed by atoms with van der Waals surface area (Å²) in [6.07, 6.45) is 1.17. The van der Waals surface area contributed by atoms with E-state index in [1.807, 2.05) is 6.07 Å². The molecule has 3 atom stereocenters. The topological polar surface area (TPSA) is 79.2 Å². The van der Waals surface area contributed by atoms with Crippen molar-refractivity contribution in [3.8, 4) is 6.07 Å². The fourth-order valence-electron chi connectivity index (χ4n) is 1.41. The highest BCUT2D eigenvalue weighted by Gasteiger charge is 2.39. The monoisotopic (exact) mass is 231 g/mol. The van der Waals surface area contributed by atoms with Crippen molar-refractivity contribution in [3.63, 3.8) is 0 Å². The van der Waals surface area contributed by atoms with Gasteiger partial charge in [-0.15, -0.1) is 0 Å². The molecule has 2 rings (SSSR count). The molecule has 0 amide bonds. The highest BCUT2D eigenvalue weighted by molar-refractivity contribution is 4.90. The first-order valence-corrected chi connectivity index (χ1v) is 5.05. The Hall–Kier alpha value is -0.750. The molecule has 0 bridgehead atoms. The lowest BCUT2D eigenvalue weighted by molar-refractivity contribution is -0.312. The smallest absolute Gasteiger partial charge is 0.288 e. The summed E-state index contributed by atoms with van der Waals surface area (Å²) >= 11 is 0. The van der Waals surface area contributed by atoms with Gasteiger partial charge in [0.05, 0.1) is 0 Å². The maximum absolute atomic E-state index is 8.70. The summed E-state index contributed by atoms with van der Waals surface area (Å²) in [5, 5.41) is 8.70. The van der Waals surface area contributed by atoms with Crippen LogP contribution in [0.25, 0.3) is 0 Å². The molecule has 16 heavy (non-hydrogen) atoms. The molecular weight excluding hydrogens is 218 g/mol. The predicted molar refractivity (Wildman–Crippen MR) is 46.8 cm³/mol. The fraction of sp³-hybridized carbons (Fsp3) is 0.889. The third-order valence-electron chi connectivity index (χ3n) is 2.23. The van der Waals surface area contributed by atoms with E-state index in [-0.39, 0.29) is 13.1 Å². The first-order chi connectivity index (χ1) is 7.72. The molecule has 3 unspecified atom stereocenters. The van der Waals surface area contributed by atoms with E-state index in [1.54, 1.807) is 0 Å². The summed E-state index contributed by atoms with van der Waals surface area (Å²) in [6.45, 7) is 1.67. The quantitative estimate of drug-likeness (QED) is 0.666. The van der Waals surface area contributed by atoms with Gasteiger partial charge in [0.25, 0.3) is 5.79 Å². The van der Waals surface area contributed by atoms with Crippen molar-refractivity contribution in [1.82, 2.24) is 0 Å². The molecule has 2 fully saturated rings. The second-order valence-corrected chi connectivity index (χ2v) is 3.64. The van der Waals surface area contributed by atoms with Crippen LogP contribution in [0.2, 0.25) is 0 Å². The first-order valence-electron chi connectivity index (χ1n) is 5.05. The van der Waals surface area contributed by atoms with E-state index in [0.29, 0.717) is 12.8 Å². The van der Waals surface area contributed by atoms with Gasteiger partial charge in [0, 0.05) is 19.8 Å². The molecule has 0 aromatic carbocycles. The highest BCUT2D eigenvalue weighted by Crippen LogP contribution is 2.27. The van der Waals surface area contributed by atoms with Crippen LogP contribution in [-0.2, 0) is 29.0 Å². The summed E-state index contributed by atoms with van der Waals surface area (Å²) in [7, 11) is 0. The van der Waals surface area contributed by atoms with Gasteiger partial charge in [-0.2, -0.15) is 10.1 Å². The Morgan fingerprint density at radius 3 is 2.75 bits per heavy atom. The largest absolute Gasteiger partial charge is 0.320 e. The zero-order chi connectivity index (χ0) is 11.4. The van der Waals surface area contributed by atoms with Crippen molar-refractivity contribution in [2.45, 2.75) is 44.6 Å². The van der Waals surface area contributed by atoms with Gasteiger partial charge in [0.2, 0.25) is 0 Å². The molecule has 0 aliphatic carbocycles. The molecule has 0 aromatic rings. The Labute approximate surface area is 92.6 Å². The lowest BCUT2D eigenvalue weighted by Crippen LogP contribution is -2.24. The van der Waals surface area contributed by atoms with E-state index in [9.17, 15) is 0 Å². The predicted octanol–water partition coefficient (Wildman–Crippen LogP) is 0.963. The fourth-order valence-corrected chi connectivity index (χ4v) is 1.41. The van der Waals surface area contributed by atoms with Gasteiger partial charge in [0.15, 0.2) is 19.4 Å². The maximum Gasteiger partial charge on any atom is 0.288 e. The molecule has 0 spiro atoms. The third-order valence-corrected chi connectivity index (χ3v) is 2.23. The van der Waals surface area contributed by atoms with Gasteiger partial charge in [-0.25, -0.2) is 14.7 Å². The van der Waals surface area contributed by atoms with Crippen molar-refractivity contribution in [3.05, 3.63) is 0 Å². The molecule has 2 heterocycles. The van der Waals surface area contributed by atoms with Crippen LogP contribution in [0, 0.1) is 11.3 Å². The van der Waals surface area contributed by atoms with E-state index < -0.39 is 12.1 Å². The van der Waals surface area contributed by atoms with Crippen LogP contribution < -0.4 is 0 Å². The first kappa shape index (κ1) is 11.7. The average molecular weight is 231 g/mol. The number of hydrogen-bond acceptors (Lipinski definition) is 7. The number of nitrogens with zero attached hydrogens (tertiary/aromatic N) is 1. The SMILES string of the molecule is CC1(C#N)OOC(CCCC2OCOO2)O1. The van der Waals surface area contributed by atoms with Crippen molar-refractivity contribution in [2.75, 3.05) is 6.79 Å². The summed E-state index contributed by atoms with van der Waals surface area (Å²) in [5.74, 6) is -1.30. The van der Waals surface area contributed by atoms with E-state index in [0.717, 1.165) is 6.42 Å². The summed E-state index contributed by atoms with van der Waals surface area (Å²) < 4.78 is 10.3. The minimum absolute atomic E-state index is 0.163. The summed E-state index contributed by atoms with van der Waals surface area (Å²) in [4.78, 5) is 19.0. The Morgan fingerprint density at radius 2 is 2.12 bits per heavy atom. The van der Waals surface area contributed by atoms with Crippen LogP contribution in [0.15, 0.2) is 0 Å². The average Bonchev–Trinajstić information content (AvgIpc) is 2.90. The second-order valence-electron chi connectivity index (χ2n) is 3.64. The molecule has 0 aromatic heterocycles. The van der Waals surface area contributed by atoms with Gasteiger partial charge in [-0.3, -0.25) is 0 Å². The van der Waals surface area contributed by atoms with Gasteiger partial charge in [-0.05, 0) is 6.42 Å². The third kappa shape index (κ3) is 2.89. The maximum atomic E-state index is 8.70. The van der Waals surface area contributed by atoms with Crippen molar-refractivity contribution in [1.29, 1.82) is 5.26 Å². The molecule has 2 aliphatic heterocycles. The molecule has 7 heteroatoms. The van der Waals surface area contributed by atoms with Crippen LogP contribution in [0.4, 0.5) is 0 Å². The molecule has 0 saturated carbocycles. The minimum atomic E-state index is -1.30. The summed E-state index contributed by atoms with van der Waals surface area (Å²) in [5.41, 5.74) is 0. The zero-order valence-electron chi connectivity index (χ0n) is 8.88. The normalized spacial score (nSPS) is 38.8. The van der Waals surface area contributed by atoms with Crippen molar-refractivity contribution < 1.29 is 29.0 Å². The van der Waals surface area contributed by atoms with E-state index >= 15 is 0 Å². The zero-order valence-corrected chi connectivity index (χ0v) is 8.88. The second kappa shape index (κ2) is 5.05. The summed E-state index contributed by atoms with van der Waals surface area (Å²) in [6, 6.07) is 1.86. The lowest BCUT2D eigenvalue weighted by Gasteiger charge is -2.10. The Morgan fingerprint density at radius 1 is 1.31 bits per heavy atom. The molecule has 7 nitrogen and oxygen atoms in total. The number of rotatable bonds is 4. The lowest BCUT2D eigenvalue weighted by atomic mass is 10.2. The molecule has 0 radical (unpaired) electrons. The van der Waals surface area contributed by atoms with Crippen LogP contribution >= 0.6 is 0 Å². The molecule has 0 N–H and O–H groups in total. The number of nitriles is 1. The van der Waals surface area contributed by atoms with E-state index in [1.165, 1.54) is 6.92 Å². The minimum Gasteiger partial charge on any atom is -0.320 e. The van der Waals surface area contributed by atoms with Gasteiger partial charge in [-0.1, -0.05) is 0 Å². The van der Waals surface area contributed by atoms with Gasteiger partial charge >= 0.3 is 0 Å². The highest BCUT2D eigenvalue weighted by atomic mass is 17.3. The number of hydrogen-bond donors (Lipinski definition) is 0. The Kier molecular flexibility index (Phi) is 3.70. The standard InChI is InChI=1S/C9H13NO6/c1-9(5-10)13-8(15-16-9)4-2-3-7-11-6-12-14-7/h7-8H,2-4,6H2,1H3. The van der Waals surface area contributed by atoms with E-state index in [4.69, 9.17) is 29.4 Å². The Balaban J connectivity index is 1.62. The van der Waals surface area contributed by atoms with Crippen LogP contribution in [0.1, 0.15) is 26.2 Å². The van der Waals surface area contributed by atoms with Gasteiger partial charge < -0.3 is 9.47 Å². The molecule has 2 saturated heterocycles. The molecule has 90 valence electrons. The van der Waals surface area contributed by atoms with Crippen molar-refractivity contribution in [2.24, 2.45) is 0 Å². The van der Waals surface area contributed by atoms with Gasteiger partial charge in [0.1, 0.15) is 6.07 Å². The molecule has 2 aliphatic rings. The van der Waals surface area contributed by atoms with Crippen LogP contribution in [0.5, 0.6) is 0 Å². The van der Waals surface area contributed by atoms with Crippen molar-refractivity contribution >= 4 is 0 Å².